The molecule has 144 valence electrons. The van der Waals surface area contributed by atoms with E-state index in [0.29, 0.717) is 0 Å². The molecule has 0 atom stereocenters. The number of nitrogens with zero attached hydrogens (tertiary/aromatic N) is 3. The van der Waals surface area contributed by atoms with E-state index in [9.17, 15) is 23.3 Å². The SMILES string of the molecule is COc1cc(OC)nc(NC(=O)NS(=O)(=O)c2cc([N+](=O)[O-])ccc2C)n1. The fourth-order valence-electron chi connectivity index (χ4n) is 1.96. The molecule has 2 amide bonds. The Hall–Kier alpha value is -3.48. The van der Waals surface area contributed by atoms with Gasteiger partial charge < -0.3 is 9.47 Å². The van der Waals surface area contributed by atoms with E-state index in [1.54, 1.807) is 4.72 Å². The Labute approximate surface area is 153 Å². The minimum Gasteiger partial charge on any atom is -0.481 e. The predicted molar refractivity (Wildman–Crippen MR) is 92.3 cm³/mol. The van der Waals surface area contributed by atoms with Crippen molar-refractivity contribution in [3.05, 3.63) is 39.9 Å². The standard InChI is InChI=1S/C14H15N5O7S/c1-8-4-5-9(19(21)22)6-10(8)27(23,24)18-14(20)17-13-15-11(25-2)7-12(16-13)26-3/h4-7H,1-3H3,(H2,15,16,17,18,20). The van der Waals surface area contributed by atoms with E-state index >= 15 is 0 Å². The number of aryl methyl sites for hydroxylation is 1. The molecule has 0 saturated carbocycles. The van der Waals surface area contributed by atoms with Crippen molar-refractivity contribution in [2.75, 3.05) is 19.5 Å². The monoisotopic (exact) mass is 397 g/mol. The highest BCUT2D eigenvalue weighted by Crippen LogP contribution is 2.22. The lowest BCUT2D eigenvalue weighted by molar-refractivity contribution is -0.385. The number of ether oxygens (including phenoxy) is 2. The summed E-state index contributed by atoms with van der Waals surface area (Å²) < 4.78 is 36.4. The number of carbonyl (C=O) groups excluding carboxylic acids is 1. The van der Waals surface area contributed by atoms with Crippen molar-refractivity contribution >= 4 is 27.7 Å². The van der Waals surface area contributed by atoms with Crippen LogP contribution >= 0.6 is 0 Å². The first-order valence-corrected chi connectivity index (χ1v) is 8.70. The van der Waals surface area contributed by atoms with Crippen LogP contribution in [0.15, 0.2) is 29.2 Å². The van der Waals surface area contributed by atoms with Crippen molar-refractivity contribution in [1.29, 1.82) is 0 Å². The molecule has 0 bridgehead atoms. The zero-order valence-corrected chi connectivity index (χ0v) is 15.2. The molecule has 0 saturated heterocycles. The maximum atomic E-state index is 12.4. The van der Waals surface area contributed by atoms with Gasteiger partial charge in [-0.15, -0.1) is 0 Å². The van der Waals surface area contributed by atoms with Crippen molar-refractivity contribution < 1.29 is 27.6 Å². The van der Waals surface area contributed by atoms with E-state index in [1.165, 1.54) is 33.3 Å². The van der Waals surface area contributed by atoms with Crippen LogP contribution in [0.4, 0.5) is 16.4 Å². The fourth-order valence-corrected chi connectivity index (χ4v) is 3.14. The second kappa shape index (κ2) is 7.82. The lowest BCUT2D eigenvalue weighted by Crippen LogP contribution is -2.35. The predicted octanol–water partition coefficient (Wildman–Crippen LogP) is 1.22. The zero-order valence-electron chi connectivity index (χ0n) is 14.4. The highest BCUT2D eigenvalue weighted by atomic mass is 32.2. The van der Waals surface area contributed by atoms with E-state index in [-0.39, 0.29) is 23.3 Å². The highest BCUT2D eigenvalue weighted by molar-refractivity contribution is 7.90. The topological polar surface area (TPSA) is 163 Å². The Kier molecular flexibility index (Phi) is 5.75. The molecule has 27 heavy (non-hydrogen) atoms. The number of sulfonamides is 1. The smallest absolute Gasteiger partial charge is 0.335 e. The molecule has 2 rings (SSSR count). The van der Waals surface area contributed by atoms with Gasteiger partial charge in [0.1, 0.15) is 0 Å². The molecule has 2 N–H and O–H groups in total. The molecule has 1 heterocycles. The second-order valence-electron chi connectivity index (χ2n) is 5.04. The molecule has 0 aliphatic heterocycles. The van der Waals surface area contributed by atoms with Crippen LogP contribution in [0.5, 0.6) is 11.8 Å². The molecule has 12 nitrogen and oxygen atoms in total. The van der Waals surface area contributed by atoms with E-state index in [4.69, 9.17) is 9.47 Å². The molecular formula is C14H15N5O7S. The Bertz CT molecular complexity index is 971. The van der Waals surface area contributed by atoms with Gasteiger partial charge in [0, 0.05) is 12.1 Å². The number of urea groups is 1. The number of amides is 2. The van der Waals surface area contributed by atoms with Crippen LogP contribution in [-0.2, 0) is 10.0 Å². The fraction of sp³-hybridized carbons (Fsp3) is 0.214. The summed E-state index contributed by atoms with van der Waals surface area (Å²) in [5.41, 5.74) is -0.206. The number of nitro groups is 1. The first-order chi connectivity index (χ1) is 12.7. The van der Waals surface area contributed by atoms with Crippen LogP contribution in [0, 0.1) is 17.0 Å². The number of methoxy groups -OCH3 is 2. The van der Waals surface area contributed by atoms with Crippen molar-refractivity contribution in [2.24, 2.45) is 0 Å². The third-order valence-electron chi connectivity index (χ3n) is 3.22. The van der Waals surface area contributed by atoms with Crippen LogP contribution in [0.25, 0.3) is 0 Å². The normalized spacial score (nSPS) is 10.8. The van der Waals surface area contributed by atoms with E-state index in [0.717, 1.165) is 12.1 Å². The molecule has 13 heteroatoms. The third kappa shape index (κ3) is 4.78. The molecule has 0 aliphatic carbocycles. The Morgan fingerprint density at radius 3 is 2.26 bits per heavy atom. The largest absolute Gasteiger partial charge is 0.481 e. The summed E-state index contributed by atoms with van der Waals surface area (Å²) in [6, 6.07) is 3.46. The summed E-state index contributed by atoms with van der Waals surface area (Å²) in [5, 5.41) is 13.0. The number of carbonyl (C=O) groups is 1. The van der Waals surface area contributed by atoms with Crippen LogP contribution in [0.2, 0.25) is 0 Å². The molecule has 0 spiro atoms. The van der Waals surface area contributed by atoms with Gasteiger partial charge in [0.25, 0.3) is 15.7 Å². The molecule has 0 aliphatic rings. The van der Waals surface area contributed by atoms with E-state index in [1.807, 2.05) is 0 Å². The summed E-state index contributed by atoms with van der Waals surface area (Å²) in [5.74, 6) is -0.112. The van der Waals surface area contributed by atoms with Gasteiger partial charge in [-0.25, -0.2) is 17.9 Å². The van der Waals surface area contributed by atoms with Gasteiger partial charge in [-0.2, -0.15) is 9.97 Å². The number of nitro benzene ring substituents is 1. The average molecular weight is 397 g/mol. The number of benzene rings is 1. The Balaban J connectivity index is 2.25. The summed E-state index contributed by atoms with van der Waals surface area (Å²) in [6.45, 7) is 1.44. The van der Waals surface area contributed by atoms with E-state index in [2.05, 4.69) is 15.3 Å². The van der Waals surface area contributed by atoms with E-state index < -0.39 is 31.6 Å². The third-order valence-corrected chi connectivity index (χ3v) is 4.69. The first kappa shape index (κ1) is 19.8. The van der Waals surface area contributed by atoms with Crippen molar-refractivity contribution in [3.8, 4) is 11.8 Å². The Morgan fingerprint density at radius 1 is 1.15 bits per heavy atom. The van der Waals surface area contributed by atoms with Gasteiger partial charge in [-0.1, -0.05) is 6.07 Å². The lowest BCUT2D eigenvalue weighted by Gasteiger charge is -2.10. The summed E-state index contributed by atoms with van der Waals surface area (Å²) in [7, 11) is -1.71. The number of non-ortho nitro benzene ring substituents is 1. The molecule has 1 aromatic carbocycles. The number of aromatic nitrogens is 2. The van der Waals surface area contributed by atoms with Gasteiger partial charge in [0.2, 0.25) is 17.7 Å². The van der Waals surface area contributed by atoms with Crippen LogP contribution in [0.1, 0.15) is 5.56 Å². The average Bonchev–Trinajstić information content (AvgIpc) is 2.60. The molecule has 0 unspecified atom stereocenters. The Morgan fingerprint density at radius 2 is 1.74 bits per heavy atom. The van der Waals surface area contributed by atoms with Gasteiger partial charge in [0.15, 0.2) is 0 Å². The van der Waals surface area contributed by atoms with Gasteiger partial charge in [-0.3, -0.25) is 15.4 Å². The maximum absolute atomic E-state index is 12.4. The maximum Gasteiger partial charge on any atom is 0.335 e. The first-order valence-electron chi connectivity index (χ1n) is 7.22. The van der Waals surface area contributed by atoms with Gasteiger partial charge in [0.05, 0.1) is 30.1 Å². The van der Waals surface area contributed by atoms with Gasteiger partial charge >= 0.3 is 6.03 Å². The highest BCUT2D eigenvalue weighted by Gasteiger charge is 2.23. The molecule has 2 aromatic rings. The summed E-state index contributed by atoms with van der Waals surface area (Å²) in [6.07, 6.45) is 0. The number of hydrogen-bond acceptors (Lipinski definition) is 9. The zero-order chi connectivity index (χ0) is 20.2. The number of hydrogen-bond donors (Lipinski definition) is 2. The summed E-state index contributed by atoms with van der Waals surface area (Å²) >= 11 is 0. The van der Waals surface area contributed by atoms with Crippen LogP contribution < -0.4 is 19.5 Å². The molecule has 0 fully saturated rings. The quantitative estimate of drug-likeness (QED) is 0.539. The molecule has 1 aromatic heterocycles. The second-order valence-corrected chi connectivity index (χ2v) is 6.69. The van der Waals surface area contributed by atoms with Crippen molar-refractivity contribution in [2.45, 2.75) is 11.8 Å². The van der Waals surface area contributed by atoms with Crippen LogP contribution in [0.3, 0.4) is 0 Å². The lowest BCUT2D eigenvalue weighted by atomic mass is 10.2. The number of rotatable bonds is 6. The van der Waals surface area contributed by atoms with Crippen molar-refractivity contribution in [3.63, 3.8) is 0 Å². The molecular weight excluding hydrogens is 382 g/mol. The number of nitrogens with one attached hydrogen (secondary N) is 2. The number of anilines is 1. The van der Waals surface area contributed by atoms with Crippen molar-refractivity contribution in [1.82, 2.24) is 14.7 Å². The molecule has 0 radical (unpaired) electrons. The summed E-state index contributed by atoms with van der Waals surface area (Å²) in [4.78, 5) is 29.4. The minimum atomic E-state index is -4.38. The van der Waals surface area contributed by atoms with Gasteiger partial charge in [-0.05, 0) is 12.5 Å². The minimum absolute atomic E-state index is 0.0783. The van der Waals surface area contributed by atoms with Crippen LogP contribution in [-0.4, -0.2) is 43.6 Å².